The van der Waals surface area contributed by atoms with E-state index in [1.54, 1.807) is 12.1 Å². The third kappa shape index (κ3) is 3.65. The molecule has 0 fully saturated rings. The molecule has 1 unspecified atom stereocenters. The minimum atomic E-state index is 0.333. The molecule has 1 N–H and O–H groups in total. The molecule has 76 valence electrons. The highest BCUT2D eigenvalue weighted by Gasteiger charge is 1.92. The van der Waals surface area contributed by atoms with Crippen LogP contribution in [0, 0.1) is 5.92 Å². The lowest BCUT2D eigenvalue weighted by molar-refractivity contribution is 0.475. The first-order valence-corrected chi connectivity index (χ1v) is 5.17. The molecular weight excluding hydrogens is 172 g/mol. The lowest BCUT2D eigenvalue weighted by Crippen LogP contribution is -1.86. The molecule has 0 aliphatic carbocycles. The van der Waals surface area contributed by atoms with E-state index in [0.29, 0.717) is 11.7 Å². The second-order valence-corrected chi connectivity index (χ2v) is 3.68. The topological polar surface area (TPSA) is 20.2 Å². The first-order chi connectivity index (χ1) is 6.72. The molecule has 0 aliphatic rings. The highest BCUT2D eigenvalue weighted by molar-refractivity contribution is 5.27. The number of phenols is 1. The van der Waals surface area contributed by atoms with Gasteiger partial charge in [0.25, 0.3) is 0 Å². The van der Waals surface area contributed by atoms with Crippen molar-refractivity contribution in [3.63, 3.8) is 0 Å². The molecule has 1 heteroatoms. The Hall–Kier alpha value is -1.24. The SMILES string of the molecule is CCC(C)C=CCc1ccc(O)cc1. The summed E-state index contributed by atoms with van der Waals surface area (Å²) in [5.41, 5.74) is 1.24. The van der Waals surface area contributed by atoms with Gasteiger partial charge in [-0.1, -0.05) is 44.6 Å². The number of hydrogen-bond acceptors (Lipinski definition) is 1. The first kappa shape index (κ1) is 10.8. The molecule has 0 heterocycles. The third-order valence-electron chi connectivity index (χ3n) is 2.40. The van der Waals surface area contributed by atoms with Crippen molar-refractivity contribution in [1.29, 1.82) is 0 Å². The van der Waals surface area contributed by atoms with Crippen molar-refractivity contribution in [2.75, 3.05) is 0 Å². The van der Waals surface area contributed by atoms with Gasteiger partial charge < -0.3 is 5.11 Å². The highest BCUT2D eigenvalue weighted by Crippen LogP contribution is 2.11. The van der Waals surface area contributed by atoms with E-state index >= 15 is 0 Å². The Morgan fingerprint density at radius 3 is 2.50 bits per heavy atom. The monoisotopic (exact) mass is 190 g/mol. The average molecular weight is 190 g/mol. The number of rotatable bonds is 4. The van der Waals surface area contributed by atoms with E-state index in [1.165, 1.54) is 12.0 Å². The summed E-state index contributed by atoms with van der Waals surface area (Å²) in [6, 6.07) is 7.37. The molecule has 1 nitrogen and oxygen atoms in total. The van der Waals surface area contributed by atoms with Crippen molar-refractivity contribution in [3.8, 4) is 5.75 Å². The number of benzene rings is 1. The molecule has 1 rings (SSSR count). The molecule has 0 aliphatic heterocycles. The van der Waals surface area contributed by atoms with Crippen LogP contribution in [-0.4, -0.2) is 5.11 Å². The van der Waals surface area contributed by atoms with Gasteiger partial charge in [0, 0.05) is 0 Å². The second-order valence-electron chi connectivity index (χ2n) is 3.68. The van der Waals surface area contributed by atoms with Gasteiger partial charge in [-0.25, -0.2) is 0 Å². The molecule has 1 atom stereocenters. The lowest BCUT2D eigenvalue weighted by Gasteiger charge is -2.00. The van der Waals surface area contributed by atoms with E-state index in [4.69, 9.17) is 5.11 Å². The Morgan fingerprint density at radius 2 is 1.93 bits per heavy atom. The molecule has 0 saturated carbocycles. The summed E-state index contributed by atoms with van der Waals surface area (Å²) in [6.07, 6.45) is 6.57. The van der Waals surface area contributed by atoms with Gasteiger partial charge in [-0.15, -0.1) is 0 Å². The smallest absolute Gasteiger partial charge is 0.115 e. The van der Waals surface area contributed by atoms with E-state index in [1.807, 2.05) is 12.1 Å². The molecule has 0 aromatic heterocycles. The zero-order valence-electron chi connectivity index (χ0n) is 8.90. The second kappa shape index (κ2) is 5.48. The fourth-order valence-electron chi connectivity index (χ4n) is 1.20. The van der Waals surface area contributed by atoms with Gasteiger partial charge in [-0.05, 0) is 30.0 Å². The molecular formula is C13H18O. The fourth-order valence-corrected chi connectivity index (χ4v) is 1.20. The number of hydrogen-bond donors (Lipinski definition) is 1. The van der Waals surface area contributed by atoms with Gasteiger partial charge in [-0.3, -0.25) is 0 Å². The Labute approximate surface area is 86.1 Å². The maximum atomic E-state index is 9.09. The van der Waals surface area contributed by atoms with Crippen LogP contribution in [0.2, 0.25) is 0 Å². The van der Waals surface area contributed by atoms with E-state index < -0.39 is 0 Å². The van der Waals surface area contributed by atoms with Crippen LogP contribution >= 0.6 is 0 Å². The van der Waals surface area contributed by atoms with Crippen LogP contribution in [0.1, 0.15) is 25.8 Å². The lowest BCUT2D eigenvalue weighted by atomic mass is 10.1. The van der Waals surface area contributed by atoms with Crippen LogP contribution in [0.15, 0.2) is 36.4 Å². The average Bonchev–Trinajstić information content (AvgIpc) is 2.21. The van der Waals surface area contributed by atoms with Crippen molar-refractivity contribution in [2.45, 2.75) is 26.7 Å². The summed E-state index contributed by atoms with van der Waals surface area (Å²) in [5, 5.41) is 9.09. The predicted molar refractivity (Wildman–Crippen MR) is 60.4 cm³/mol. The molecule has 1 aromatic rings. The molecule has 14 heavy (non-hydrogen) atoms. The normalized spacial score (nSPS) is 13.3. The number of aromatic hydroxyl groups is 1. The Balaban J connectivity index is 2.45. The zero-order chi connectivity index (χ0) is 10.4. The summed E-state index contributed by atoms with van der Waals surface area (Å²) in [6.45, 7) is 4.41. The minimum absolute atomic E-state index is 0.333. The summed E-state index contributed by atoms with van der Waals surface area (Å²) in [5.74, 6) is 0.992. The van der Waals surface area contributed by atoms with Gasteiger partial charge >= 0.3 is 0 Å². The number of phenolic OH excluding ortho intramolecular Hbond substituents is 1. The molecule has 1 aromatic carbocycles. The van der Waals surface area contributed by atoms with Crippen LogP contribution in [0.3, 0.4) is 0 Å². The number of allylic oxidation sites excluding steroid dienone is 2. The van der Waals surface area contributed by atoms with Crippen molar-refractivity contribution in [3.05, 3.63) is 42.0 Å². The predicted octanol–water partition coefficient (Wildman–Crippen LogP) is 3.54. The summed E-state index contributed by atoms with van der Waals surface area (Å²) in [7, 11) is 0. The van der Waals surface area contributed by atoms with Crippen molar-refractivity contribution >= 4 is 0 Å². The van der Waals surface area contributed by atoms with Crippen LogP contribution in [0.25, 0.3) is 0 Å². The summed E-state index contributed by atoms with van der Waals surface area (Å²) in [4.78, 5) is 0. The third-order valence-corrected chi connectivity index (χ3v) is 2.40. The Bertz CT molecular complexity index is 285. The largest absolute Gasteiger partial charge is 0.508 e. The van der Waals surface area contributed by atoms with Crippen molar-refractivity contribution in [2.24, 2.45) is 5.92 Å². The van der Waals surface area contributed by atoms with E-state index in [9.17, 15) is 0 Å². The maximum absolute atomic E-state index is 9.09. The van der Waals surface area contributed by atoms with E-state index in [-0.39, 0.29) is 0 Å². The quantitative estimate of drug-likeness (QED) is 0.720. The Morgan fingerprint density at radius 1 is 1.29 bits per heavy atom. The zero-order valence-corrected chi connectivity index (χ0v) is 8.90. The van der Waals surface area contributed by atoms with Crippen molar-refractivity contribution < 1.29 is 5.11 Å². The van der Waals surface area contributed by atoms with Gasteiger partial charge in [0.05, 0.1) is 0 Å². The maximum Gasteiger partial charge on any atom is 0.115 e. The van der Waals surface area contributed by atoms with Crippen LogP contribution < -0.4 is 0 Å². The van der Waals surface area contributed by atoms with Gasteiger partial charge in [0.1, 0.15) is 5.75 Å². The molecule has 0 amide bonds. The standard InChI is InChI=1S/C13H18O/c1-3-11(2)5-4-6-12-7-9-13(14)10-8-12/h4-5,7-11,14H,3,6H2,1-2H3. The van der Waals surface area contributed by atoms with Gasteiger partial charge in [0.15, 0.2) is 0 Å². The van der Waals surface area contributed by atoms with E-state index in [2.05, 4.69) is 26.0 Å². The van der Waals surface area contributed by atoms with Crippen LogP contribution in [-0.2, 0) is 6.42 Å². The van der Waals surface area contributed by atoms with Gasteiger partial charge in [-0.2, -0.15) is 0 Å². The summed E-state index contributed by atoms with van der Waals surface area (Å²) >= 11 is 0. The summed E-state index contributed by atoms with van der Waals surface area (Å²) < 4.78 is 0. The highest BCUT2D eigenvalue weighted by atomic mass is 16.3. The molecule has 0 radical (unpaired) electrons. The Kier molecular flexibility index (Phi) is 4.24. The minimum Gasteiger partial charge on any atom is -0.508 e. The van der Waals surface area contributed by atoms with Gasteiger partial charge in [0.2, 0.25) is 0 Å². The molecule has 0 saturated heterocycles. The van der Waals surface area contributed by atoms with Crippen molar-refractivity contribution in [1.82, 2.24) is 0 Å². The van der Waals surface area contributed by atoms with E-state index in [0.717, 1.165) is 6.42 Å². The van der Waals surface area contributed by atoms with Crippen LogP contribution in [0.4, 0.5) is 0 Å². The molecule has 0 bridgehead atoms. The first-order valence-electron chi connectivity index (χ1n) is 5.17. The fraction of sp³-hybridized carbons (Fsp3) is 0.385. The molecule has 0 spiro atoms. The van der Waals surface area contributed by atoms with Crippen LogP contribution in [0.5, 0.6) is 5.75 Å².